The van der Waals surface area contributed by atoms with E-state index in [9.17, 15) is 18.4 Å². The normalized spacial score (nSPS) is 21.8. The zero-order valence-electron chi connectivity index (χ0n) is 10.4. The second-order valence-corrected chi connectivity index (χ2v) is 4.19. The molecule has 0 spiro atoms. The lowest BCUT2D eigenvalue weighted by atomic mass is 10.2. The first-order chi connectivity index (χ1) is 8.41. The highest BCUT2D eigenvalue weighted by Crippen LogP contribution is 2.32. The molecule has 0 aromatic carbocycles. The second-order valence-electron chi connectivity index (χ2n) is 4.19. The van der Waals surface area contributed by atoms with E-state index in [0.29, 0.717) is 6.42 Å². The van der Waals surface area contributed by atoms with Gasteiger partial charge in [-0.2, -0.15) is 0 Å². The summed E-state index contributed by atoms with van der Waals surface area (Å²) in [5.41, 5.74) is 0. The molecule has 1 unspecified atom stereocenters. The minimum absolute atomic E-state index is 0.158. The lowest BCUT2D eigenvalue weighted by Gasteiger charge is -2.21. The molecule has 1 amide bonds. The van der Waals surface area contributed by atoms with Crippen LogP contribution in [0.5, 0.6) is 0 Å². The molecule has 1 atom stereocenters. The van der Waals surface area contributed by atoms with Gasteiger partial charge in [0.1, 0.15) is 6.04 Å². The number of esters is 1. The van der Waals surface area contributed by atoms with E-state index in [4.69, 9.17) is 4.74 Å². The predicted molar refractivity (Wildman–Crippen MR) is 58.3 cm³/mol. The zero-order valence-corrected chi connectivity index (χ0v) is 10.4. The molecule has 18 heavy (non-hydrogen) atoms. The van der Waals surface area contributed by atoms with E-state index in [1.165, 1.54) is 0 Å². The molecule has 0 N–H and O–H groups in total. The van der Waals surface area contributed by atoms with Crippen molar-refractivity contribution in [2.45, 2.75) is 38.2 Å². The van der Waals surface area contributed by atoms with E-state index in [-0.39, 0.29) is 6.61 Å². The summed E-state index contributed by atoms with van der Waals surface area (Å²) >= 11 is 0. The Labute approximate surface area is 104 Å². The maximum Gasteiger partial charge on any atom is 0.410 e. The van der Waals surface area contributed by atoms with E-state index < -0.39 is 37.0 Å². The molecular weight excluding hydrogens is 248 g/mol. The highest BCUT2D eigenvalue weighted by molar-refractivity contribution is 5.82. The van der Waals surface area contributed by atoms with Crippen LogP contribution in [0.2, 0.25) is 0 Å². The molecule has 0 saturated carbocycles. The van der Waals surface area contributed by atoms with Gasteiger partial charge in [0.15, 0.2) is 0 Å². The SMILES string of the molecule is CCCCOC(=O)N1CC(F)(F)CC1C(=O)OC. The van der Waals surface area contributed by atoms with Crippen LogP contribution in [0.3, 0.4) is 0 Å². The maximum absolute atomic E-state index is 13.2. The lowest BCUT2D eigenvalue weighted by molar-refractivity contribution is -0.145. The fourth-order valence-corrected chi connectivity index (χ4v) is 1.74. The molecule has 0 radical (unpaired) electrons. The van der Waals surface area contributed by atoms with Crippen molar-refractivity contribution in [1.29, 1.82) is 0 Å². The maximum atomic E-state index is 13.2. The number of carbonyl (C=O) groups excluding carboxylic acids is 2. The van der Waals surface area contributed by atoms with Gasteiger partial charge in [0.2, 0.25) is 0 Å². The van der Waals surface area contributed by atoms with Gasteiger partial charge in [-0.3, -0.25) is 4.90 Å². The molecule has 1 fully saturated rings. The molecule has 0 aromatic heterocycles. The fourth-order valence-electron chi connectivity index (χ4n) is 1.74. The van der Waals surface area contributed by atoms with Gasteiger partial charge in [-0.1, -0.05) is 13.3 Å². The van der Waals surface area contributed by atoms with Crippen LogP contribution in [0.15, 0.2) is 0 Å². The standard InChI is InChI=1S/C11H17F2NO4/c1-3-4-5-18-10(16)14-7-11(12,13)6-8(14)9(15)17-2/h8H,3-7H2,1-2H3. The van der Waals surface area contributed by atoms with Crippen molar-refractivity contribution >= 4 is 12.1 Å². The monoisotopic (exact) mass is 265 g/mol. The summed E-state index contributed by atoms with van der Waals surface area (Å²) in [5, 5.41) is 0. The first-order valence-corrected chi connectivity index (χ1v) is 5.80. The topological polar surface area (TPSA) is 55.8 Å². The molecule has 0 bridgehead atoms. The molecule has 1 rings (SSSR count). The minimum Gasteiger partial charge on any atom is -0.467 e. The van der Waals surface area contributed by atoms with E-state index in [1.807, 2.05) is 6.92 Å². The number of nitrogens with zero attached hydrogens (tertiary/aromatic N) is 1. The van der Waals surface area contributed by atoms with Gasteiger partial charge in [-0.05, 0) is 6.42 Å². The van der Waals surface area contributed by atoms with Crippen molar-refractivity contribution in [2.75, 3.05) is 20.3 Å². The van der Waals surface area contributed by atoms with Crippen molar-refractivity contribution in [2.24, 2.45) is 0 Å². The number of hydrogen-bond donors (Lipinski definition) is 0. The molecule has 1 aliphatic heterocycles. The smallest absolute Gasteiger partial charge is 0.410 e. The van der Waals surface area contributed by atoms with Crippen LogP contribution in [-0.4, -0.2) is 49.2 Å². The third kappa shape index (κ3) is 3.54. The Kier molecular flexibility index (Phi) is 4.86. The number of amides is 1. The summed E-state index contributed by atoms with van der Waals surface area (Å²) in [6.07, 6.45) is -0.137. The van der Waals surface area contributed by atoms with Crippen LogP contribution < -0.4 is 0 Å². The number of ether oxygens (including phenoxy) is 2. The molecular formula is C11H17F2NO4. The van der Waals surface area contributed by atoms with Crippen LogP contribution in [0.4, 0.5) is 13.6 Å². The Morgan fingerprint density at radius 2 is 2.11 bits per heavy atom. The molecule has 7 heteroatoms. The number of halogens is 2. The summed E-state index contributed by atoms with van der Waals surface area (Å²) in [6, 6.07) is -1.26. The molecule has 1 heterocycles. The highest BCUT2D eigenvalue weighted by atomic mass is 19.3. The molecule has 0 aromatic rings. The minimum atomic E-state index is -3.08. The number of methoxy groups -OCH3 is 1. The molecule has 5 nitrogen and oxygen atoms in total. The highest BCUT2D eigenvalue weighted by Gasteiger charge is 2.51. The first-order valence-electron chi connectivity index (χ1n) is 5.80. The van der Waals surface area contributed by atoms with Crippen molar-refractivity contribution in [3.8, 4) is 0 Å². The Morgan fingerprint density at radius 1 is 1.44 bits per heavy atom. The average molecular weight is 265 g/mol. The van der Waals surface area contributed by atoms with E-state index in [1.54, 1.807) is 0 Å². The van der Waals surface area contributed by atoms with Crippen molar-refractivity contribution in [3.63, 3.8) is 0 Å². The van der Waals surface area contributed by atoms with Crippen LogP contribution in [-0.2, 0) is 14.3 Å². The third-order valence-electron chi connectivity index (χ3n) is 2.70. The van der Waals surface area contributed by atoms with Crippen molar-refractivity contribution in [3.05, 3.63) is 0 Å². The molecule has 0 aliphatic carbocycles. The van der Waals surface area contributed by atoms with E-state index in [0.717, 1.165) is 18.4 Å². The summed E-state index contributed by atoms with van der Waals surface area (Å²) in [4.78, 5) is 23.7. The number of rotatable bonds is 4. The van der Waals surface area contributed by atoms with Gasteiger partial charge in [-0.25, -0.2) is 18.4 Å². The van der Waals surface area contributed by atoms with Crippen molar-refractivity contribution in [1.82, 2.24) is 4.90 Å². The number of alkyl halides is 2. The summed E-state index contributed by atoms with van der Waals surface area (Å²) in [6.45, 7) is 1.26. The first kappa shape index (κ1) is 14.7. The van der Waals surface area contributed by atoms with Crippen molar-refractivity contribution < 1.29 is 27.8 Å². The van der Waals surface area contributed by atoms with Gasteiger partial charge in [0, 0.05) is 6.42 Å². The Balaban J connectivity index is 2.65. The predicted octanol–water partition coefficient (Wildman–Crippen LogP) is 1.81. The summed E-state index contributed by atoms with van der Waals surface area (Å²) in [5.74, 6) is -3.93. The average Bonchev–Trinajstić information content (AvgIpc) is 2.64. The molecule has 1 aliphatic rings. The second kappa shape index (κ2) is 5.97. The van der Waals surface area contributed by atoms with E-state index in [2.05, 4.69) is 4.74 Å². The third-order valence-corrected chi connectivity index (χ3v) is 2.70. The summed E-state index contributed by atoms with van der Waals surface area (Å²) in [7, 11) is 1.10. The van der Waals surface area contributed by atoms with Gasteiger partial charge < -0.3 is 9.47 Å². The quantitative estimate of drug-likeness (QED) is 0.574. The molecule has 104 valence electrons. The van der Waals surface area contributed by atoms with Crippen LogP contribution >= 0.6 is 0 Å². The zero-order chi connectivity index (χ0) is 13.8. The van der Waals surface area contributed by atoms with Gasteiger partial charge in [0.25, 0.3) is 5.92 Å². The van der Waals surface area contributed by atoms with Crippen LogP contribution in [0.25, 0.3) is 0 Å². The van der Waals surface area contributed by atoms with Gasteiger partial charge >= 0.3 is 12.1 Å². The largest absolute Gasteiger partial charge is 0.467 e. The summed E-state index contributed by atoms with van der Waals surface area (Å²) < 4.78 is 35.7. The van der Waals surface area contributed by atoms with Crippen LogP contribution in [0.1, 0.15) is 26.2 Å². The lowest BCUT2D eigenvalue weighted by Crippen LogP contribution is -2.41. The number of unbranched alkanes of at least 4 members (excludes halogenated alkanes) is 1. The Bertz CT molecular complexity index is 322. The number of likely N-dealkylation sites (tertiary alicyclic amines) is 1. The van der Waals surface area contributed by atoms with Gasteiger partial charge in [-0.15, -0.1) is 0 Å². The van der Waals surface area contributed by atoms with Crippen LogP contribution in [0, 0.1) is 0 Å². The Hall–Kier alpha value is -1.40. The van der Waals surface area contributed by atoms with Gasteiger partial charge in [0.05, 0.1) is 20.3 Å². The fraction of sp³-hybridized carbons (Fsp3) is 0.818. The molecule has 1 saturated heterocycles. The Morgan fingerprint density at radius 3 is 2.67 bits per heavy atom. The number of carbonyl (C=O) groups is 2. The van der Waals surface area contributed by atoms with E-state index >= 15 is 0 Å². The number of hydrogen-bond acceptors (Lipinski definition) is 4.